The molecule has 0 nitrogen and oxygen atoms in total. The van der Waals surface area contributed by atoms with Gasteiger partial charge in [0.05, 0.1) is 0 Å². The summed E-state index contributed by atoms with van der Waals surface area (Å²) in [6.07, 6.45) is 4.00. The molecule has 0 N–H and O–H groups in total. The highest BCUT2D eigenvalue weighted by molar-refractivity contribution is 4.87. The van der Waals surface area contributed by atoms with Gasteiger partial charge in [0.25, 0.3) is 0 Å². The second kappa shape index (κ2) is 7.14. The fourth-order valence-electron chi connectivity index (χ4n) is 3.69. The zero-order chi connectivity index (χ0) is 15.4. The molecule has 0 aromatic rings. The Morgan fingerprint density at radius 2 is 1.26 bits per heavy atom. The third kappa shape index (κ3) is 5.88. The molecule has 3 atom stereocenters. The minimum absolute atomic E-state index is 0.456. The Morgan fingerprint density at radius 3 is 1.58 bits per heavy atom. The summed E-state index contributed by atoms with van der Waals surface area (Å²) in [4.78, 5) is 0. The molecule has 0 amide bonds. The van der Waals surface area contributed by atoms with Crippen molar-refractivity contribution >= 4 is 0 Å². The van der Waals surface area contributed by atoms with E-state index < -0.39 is 0 Å². The summed E-state index contributed by atoms with van der Waals surface area (Å²) in [7, 11) is 0. The molecular formula is C19H40. The van der Waals surface area contributed by atoms with Crippen molar-refractivity contribution in [2.24, 2.45) is 34.5 Å². The normalized spacial score (nSPS) is 19.6. The Morgan fingerprint density at radius 1 is 0.789 bits per heavy atom. The summed E-state index contributed by atoms with van der Waals surface area (Å²) in [6.45, 7) is 24.2. The molecule has 0 rings (SSSR count). The lowest BCUT2D eigenvalue weighted by Gasteiger charge is -2.44. The van der Waals surface area contributed by atoms with Gasteiger partial charge in [0.1, 0.15) is 0 Å². The van der Waals surface area contributed by atoms with Crippen molar-refractivity contribution in [1.29, 1.82) is 0 Å². The van der Waals surface area contributed by atoms with Gasteiger partial charge in [0, 0.05) is 0 Å². The van der Waals surface area contributed by atoms with E-state index >= 15 is 0 Å². The largest absolute Gasteiger partial charge is 0.0649 e. The predicted octanol–water partition coefficient (Wildman–Crippen LogP) is 6.79. The van der Waals surface area contributed by atoms with E-state index in [1.54, 1.807) is 0 Å². The van der Waals surface area contributed by atoms with E-state index in [1.807, 2.05) is 0 Å². The van der Waals surface area contributed by atoms with Gasteiger partial charge in [-0.25, -0.2) is 0 Å². The van der Waals surface area contributed by atoms with Gasteiger partial charge in [-0.15, -0.1) is 0 Å². The SMILES string of the molecule is CCC(C)(CC(C)(C)CC(C)C(C)C)C(C)C(C)C. The second-order valence-electron chi connectivity index (χ2n) is 8.81. The van der Waals surface area contributed by atoms with Crippen LogP contribution < -0.4 is 0 Å². The van der Waals surface area contributed by atoms with E-state index in [4.69, 9.17) is 0 Å². The maximum Gasteiger partial charge on any atom is -0.0295 e. The van der Waals surface area contributed by atoms with E-state index in [-0.39, 0.29) is 0 Å². The minimum Gasteiger partial charge on any atom is -0.0649 e. The molecular weight excluding hydrogens is 228 g/mol. The van der Waals surface area contributed by atoms with E-state index in [2.05, 4.69) is 69.2 Å². The Labute approximate surface area is 123 Å². The molecule has 0 spiro atoms. The fraction of sp³-hybridized carbons (Fsp3) is 1.00. The summed E-state index contributed by atoms with van der Waals surface area (Å²) < 4.78 is 0. The Balaban J connectivity index is 4.85. The lowest BCUT2D eigenvalue weighted by molar-refractivity contribution is 0.0620. The first kappa shape index (κ1) is 19.0. The Bertz CT molecular complexity index is 249. The number of hydrogen-bond donors (Lipinski definition) is 0. The quantitative estimate of drug-likeness (QED) is 0.454. The summed E-state index contributed by atoms with van der Waals surface area (Å²) >= 11 is 0. The van der Waals surface area contributed by atoms with Gasteiger partial charge in [-0.2, -0.15) is 0 Å². The van der Waals surface area contributed by atoms with Crippen molar-refractivity contribution in [2.45, 2.75) is 88.5 Å². The van der Waals surface area contributed by atoms with Gasteiger partial charge in [0.15, 0.2) is 0 Å². The zero-order valence-corrected chi connectivity index (χ0v) is 15.4. The monoisotopic (exact) mass is 268 g/mol. The molecule has 0 aliphatic carbocycles. The molecule has 0 fully saturated rings. The molecule has 116 valence electrons. The van der Waals surface area contributed by atoms with Gasteiger partial charge in [-0.05, 0) is 47.3 Å². The van der Waals surface area contributed by atoms with Crippen LogP contribution in [0.1, 0.15) is 88.5 Å². The topological polar surface area (TPSA) is 0 Å². The molecule has 0 saturated carbocycles. The Kier molecular flexibility index (Phi) is 7.14. The van der Waals surface area contributed by atoms with Crippen molar-refractivity contribution in [2.75, 3.05) is 0 Å². The molecule has 0 aromatic heterocycles. The third-order valence-electron chi connectivity index (χ3n) is 5.80. The number of hydrogen-bond acceptors (Lipinski definition) is 0. The summed E-state index contributed by atoms with van der Waals surface area (Å²) in [5.41, 5.74) is 0.936. The van der Waals surface area contributed by atoms with Crippen molar-refractivity contribution in [1.82, 2.24) is 0 Å². The van der Waals surface area contributed by atoms with Gasteiger partial charge < -0.3 is 0 Å². The molecule has 19 heavy (non-hydrogen) atoms. The van der Waals surface area contributed by atoms with Crippen LogP contribution >= 0.6 is 0 Å². The van der Waals surface area contributed by atoms with Crippen LogP contribution in [0.25, 0.3) is 0 Å². The summed E-state index contributed by atoms with van der Waals surface area (Å²) in [5.74, 6) is 3.20. The highest BCUT2D eigenvalue weighted by Gasteiger charge is 2.37. The maximum absolute atomic E-state index is 2.51. The van der Waals surface area contributed by atoms with Crippen molar-refractivity contribution in [3.63, 3.8) is 0 Å². The van der Waals surface area contributed by atoms with Gasteiger partial charge in [-0.3, -0.25) is 0 Å². The lowest BCUT2D eigenvalue weighted by atomic mass is 9.61. The zero-order valence-electron chi connectivity index (χ0n) is 15.4. The van der Waals surface area contributed by atoms with Gasteiger partial charge in [0.2, 0.25) is 0 Å². The molecule has 0 saturated heterocycles. The predicted molar refractivity (Wildman–Crippen MR) is 89.4 cm³/mol. The van der Waals surface area contributed by atoms with Gasteiger partial charge in [-0.1, -0.05) is 75.7 Å². The van der Waals surface area contributed by atoms with Crippen LogP contribution in [0.3, 0.4) is 0 Å². The molecule has 0 heterocycles. The maximum atomic E-state index is 2.51. The smallest absolute Gasteiger partial charge is 0.0295 e. The molecule has 0 aliphatic heterocycles. The number of rotatable bonds is 8. The second-order valence-corrected chi connectivity index (χ2v) is 8.81. The van der Waals surface area contributed by atoms with E-state index in [1.165, 1.54) is 19.3 Å². The van der Waals surface area contributed by atoms with Crippen molar-refractivity contribution in [3.05, 3.63) is 0 Å². The first-order chi connectivity index (χ1) is 8.45. The van der Waals surface area contributed by atoms with Crippen molar-refractivity contribution in [3.8, 4) is 0 Å². The highest BCUT2D eigenvalue weighted by Crippen LogP contribution is 2.47. The van der Waals surface area contributed by atoms with E-state index in [9.17, 15) is 0 Å². The van der Waals surface area contributed by atoms with E-state index in [0.29, 0.717) is 10.8 Å². The van der Waals surface area contributed by atoms with E-state index in [0.717, 1.165) is 23.7 Å². The third-order valence-corrected chi connectivity index (χ3v) is 5.80. The lowest BCUT2D eigenvalue weighted by Crippen LogP contribution is -2.34. The van der Waals surface area contributed by atoms with Crippen LogP contribution in [0, 0.1) is 34.5 Å². The van der Waals surface area contributed by atoms with Gasteiger partial charge >= 0.3 is 0 Å². The minimum atomic E-state index is 0.456. The van der Waals surface area contributed by atoms with Crippen LogP contribution in [0.4, 0.5) is 0 Å². The standard InChI is InChI=1S/C19H40/c1-11-19(10,17(7)15(4)5)13-18(8,9)12-16(6)14(2)3/h14-17H,11-13H2,1-10H3. The molecule has 0 heteroatoms. The first-order valence-electron chi connectivity index (χ1n) is 8.45. The average molecular weight is 269 g/mol. The van der Waals surface area contributed by atoms with Crippen LogP contribution in [0.2, 0.25) is 0 Å². The van der Waals surface area contributed by atoms with Crippen LogP contribution in [-0.2, 0) is 0 Å². The van der Waals surface area contributed by atoms with Crippen LogP contribution in [0.15, 0.2) is 0 Å². The van der Waals surface area contributed by atoms with Crippen LogP contribution in [-0.4, -0.2) is 0 Å². The van der Waals surface area contributed by atoms with Crippen molar-refractivity contribution < 1.29 is 0 Å². The summed E-state index contributed by atoms with van der Waals surface area (Å²) in [6, 6.07) is 0. The Hall–Kier alpha value is 0. The molecule has 0 aromatic carbocycles. The highest BCUT2D eigenvalue weighted by atomic mass is 14.4. The van der Waals surface area contributed by atoms with Crippen LogP contribution in [0.5, 0.6) is 0 Å². The molecule has 3 unspecified atom stereocenters. The fourth-order valence-corrected chi connectivity index (χ4v) is 3.69. The molecule has 0 bridgehead atoms. The molecule has 0 radical (unpaired) electrons. The molecule has 0 aliphatic rings. The first-order valence-corrected chi connectivity index (χ1v) is 8.45. The summed E-state index contributed by atoms with van der Waals surface area (Å²) in [5, 5.41) is 0. The average Bonchev–Trinajstić information content (AvgIpc) is 2.26.